The van der Waals surface area contributed by atoms with E-state index in [1.54, 1.807) is 0 Å². The van der Waals surface area contributed by atoms with Crippen molar-refractivity contribution >= 4 is 11.9 Å². The molecule has 2 aliphatic rings. The van der Waals surface area contributed by atoms with Crippen LogP contribution in [0.3, 0.4) is 0 Å². The molecule has 1 amide bonds. The van der Waals surface area contributed by atoms with E-state index in [2.05, 4.69) is 5.32 Å². The lowest BCUT2D eigenvalue weighted by molar-refractivity contribution is -0.131. The average molecular weight is 225 g/mol. The maximum Gasteiger partial charge on any atom is 0.328 e. The van der Waals surface area contributed by atoms with E-state index in [0.717, 1.165) is 18.6 Å². The Morgan fingerprint density at radius 1 is 1.25 bits per heavy atom. The van der Waals surface area contributed by atoms with Gasteiger partial charge in [0.25, 0.3) is 0 Å². The van der Waals surface area contributed by atoms with Crippen molar-refractivity contribution in [2.45, 2.75) is 31.4 Å². The second kappa shape index (κ2) is 4.65. The number of ether oxygens (including phenoxy) is 1. The third-order valence-electron chi connectivity index (χ3n) is 2.93. The number of amides is 1. The zero-order valence-electron chi connectivity index (χ0n) is 8.89. The molecule has 0 aromatic carbocycles. The fraction of sp³-hybridized carbons (Fsp3) is 0.636. The molecule has 1 saturated carbocycles. The van der Waals surface area contributed by atoms with E-state index in [1.165, 1.54) is 12.8 Å². The van der Waals surface area contributed by atoms with E-state index in [9.17, 15) is 9.59 Å². The van der Waals surface area contributed by atoms with Gasteiger partial charge < -0.3 is 15.2 Å². The molecular weight excluding hydrogens is 210 g/mol. The first-order chi connectivity index (χ1) is 7.66. The van der Waals surface area contributed by atoms with Crippen LogP contribution in [0.5, 0.6) is 0 Å². The zero-order chi connectivity index (χ0) is 11.5. The number of carboxylic acid groups (broad SMARTS) is 1. The molecule has 1 aliphatic carbocycles. The highest BCUT2D eigenvalue weighted by Crippen LogP contribution is 2.38. The van der Waals surface area contributed by atoms with Gasteiger partial charge in [0.2, 0.25) is 5.91 Å². The van der Waals surface area contributed by atoms with Gasteiger partial charge in [-0.15, -0.1) is 0 Å². The second-order valence-electron chi connectivity index (χ2n) is 4.25. The van der Waals surface area contributed by atoms with Gasteiger partial charge in [-0.3, -0.25) is 4.79 Å². The summed E-state index contributed by atoms with van der Waals surface area (Å²) in [7, 11) is 0. The van der Waals surface area contributed by atoms with Gasteiger partial charge in [0.1, 0.15) is 0 Å². The molecule has 0 aromatic heterocycles. The Morgan fingerprint density at radius 2 is 2.00 bits per heavy atom. The van der Waals surface area contributed by atoms with Crippen LogP contribution in [0.15, 0.2) is 12.2 Å². The Labute approximate surface area is 93.5 Å². The Balaban J connectivity index is 1.83. The van der Waals surface area contributed by atoms with Crippen LogP contribution in [0.2, 0.25) is 0 Å². The minimum atomic E-state index is -1.11. The third-order valence-corrected chi connectivity index (χ3v) is 2.93. The van der Waals surface area contributed by atoms with Gasteiger partial charge >= 0.3 is 5.97 Å². The van der Waals surface area contributed by atoms with Gasteiger partial charge in [-0.25, -0.2) is 4.79 Å². The predicted octanol–water partition coefficient (Wildman–Crippen LogP) is 0.311. The molecule has 1 aliphatic heterocycles. The van der Waals surface area contributed by atoms with Gasteiger partial charge in [0.05, 0.1) is 12.1 Å². The van der Waals surface area contributed by atoms with E-state index in [-0.39, 0.29) is 18.1 Å². The lowest BCUT2D eigenvalue weighted by Gasteiger charge is -2.18. The summed E-state index contributed by atoms with van der Waals surface area (Å²) in [4.78, 5) is 21.6. The first kappa shape index (κ1) is 11.1. The lowest BCUT2D eigenvalue weighted by Crippen LogP contribution is -2.40. The fourth-order valence-corrected chi connectivity index (χ4v) is 2.03. The van der Waals surface area contributed by atoms with Gasteiger partial charge in [0.15, 0.2) is 0 Å². The molecule has 5 nitrogen and oxygen atoms in total. The maximum absolute atomic E-state index is 11.4. The minimum Gasteiger partial charge on any atom is -0.478 e. The highest BCUT2D eigenvalue weighted by atomic mass is 16.5. The van der Waals surface area contributed by atoms with Crippen molar-refractivity contribution in [3.63, 3.8) is 0 Å². The molecule has 2 rings (SSSR count). The van der Waals surface area contributed by atoms with E-state index < -0.39 is 5.97 Å². The molecule has 0 radical (unpaired) electrons. The SMILES string of the molecule is O=C(O)/C=C/C(=O)NC1CCOC1C1CC1. The van der Waals surface area contributed by atoms with Crippen LogP contribution >= 0.6 is 0 Å². The van der Waals surface area contributed by atoms with E-state index >= 15 is 0 Å². The summed E-state index contributed by atoms with van der Waals surface area (Å²) in [6.45, 7) is 0.675. The molecular formula is C11H15NO4. The minimum absolute atomic E-state index is 0.0402. The summed E-state index contributed by atoms with van der Waals surface area (Å²) < 4.78 is 5.56. The normalized spacial score (nSPS) is 29.5. The standard InChI is InChI=1S/C11H15NO4/c13-9(3-4-10(14)15)12-8-5-6-16-11(8)7-1-2-7/h3-4,7-8,11H,1-2,5-6H2,(H,12,13)(H,14,15)/b4-3+. The van der Waals surface area contributed by atoms with Crippen LogP contribution in [0.4, 0.5) is 0 Å². The van der Waals surface area contributed by atoms with E-state index in [4.69, 9.17) is 9.84 Å². The summed E-state index contributed by atoms with van der Waals surface area (Å²) in [6, 6.07) is 0.0402. The predicted molar refractivity (Wildman–Crippen MR) is 55.8 cm³/mol. The summed E-state index contributed by atoms with van der Waals surface area (Å²) in [5, 5.41) is 11.2. The Kier molecular flexibility index (Phi) is 3.24. The van der Waals surface area contributed by atoms with Crippen LogP contribution in [0.1, 0.15) is 19.3 Å². The van der Waals surface area contributed by atoms with Crippen LogP contribution < -0.4 is 5.32 Å². The Bertz CT molecular complexity index is 322. The summed E-state index contributed by atoms with van der Waals surface area (Å²) in [6.07, 6.45) is 5.17. The van der Waals surface area contributed by atoms with Crippen molar-refractivity contribution in [2.75, 3.05) is 6.61 Å². The summed E-state index contributed by atoms with van der Waals surface area (Å²) in [5.41, 5.74) is 0. The van der Waals surface area contributed by atoms with E-state index in [1.807, 2.05) is 0 Å². The molecule has 2 atom stereocenters. The number of rotatable bonds is 4. The smallest absolute Gasteiger partial charge is 0.328 e. The largest absolute Gasteiger partial charge is 0.478 e. The number of carboxylic acids is 1. The van der Waals surface area contributed by atoms with Crippen molar-refractivity contribution in [1.29, 1.82) is 0 Å². The number of carbonyl (C=O) groups is 2. The average Bonchev–Trinajstić information content (AvgIpc) is 2.97. The van der Waals surface area contributed by atoms with Crippen LogP contribution in [-0.4, -0.2) is 35.7 Å². The molecule has 1 saturated heterocycles. The Morgan fingerprint density at radius 3 is 2.62 bits per heavy atom. The molecule has 5 heteroatoms. The molecule has 0 bridgehead atoms. The van der Waals surface area contributed by atoms with Crippen molar-refractivity contribution < 1.29 is 19.4 Å². The number of aliphatic carboxylic acids is 1. The van der Waals surface area contributed by atoms with Gasteiger partial charge in [0, 0.05) is 18.8 Å². The first-order valence-corrected chi connectivity index (χ1v) is 5.50. The highest BCUT2D eigenvalue weighted by Gasteiger charge is 2.40. The number of carbonyl (C=O) groups excluding carboxylic acids is 1. The number of hydrogen-bond donors (Lipinski definition) is 2. The highest BCUT2D eigenvalue weighted by molar-refractivity contribution is 5.94. The topological polar surface area (TPSA) is 75.6 Å². The lowest BCUT2D eigenvalue weighted by atomic mass is 10.1. The van der Waals surface area contributed by atoms with E-state index in [0.29, 0.717) is 12.5 Å². The third kappa shape index (κ3) is 2.82. The van der Waals surface area contributed by atoms with Gasteiger partial charge in [-0.1, -0.05) is 0 Å². The molecule has 0 spiro atoms. The summed E-state index contributed by atoms with van der Waals surface area (Å²) in [5.74, 6) is -0.892. The quantitative estimate of drug-likeness (QED) is 0.675. The van der Waals surface area contributed by atoms with Crippen molar-refractivity contribution in [1.82, 2.24) is 5.32 Å². The van der Waals surface area contributed by atoms with Gasteiger partial charge in [-0.2, -0.15) is 0 Å². The zero-order valence-corrected chi connectivity index (χ0v) is 8.89. The maximum atomic E-state index is 11.4. The number of hydrogen-bond acceptors (Lipinski definition) is 3. The number of nitrogens with one attached hydrogen (secondary N) is 1. The van der Waals surface area contributed by atoms with Crippen LogP contribution in [0.25, 0.3) is 0 Å². The van der Waals surface area contributed by atoms with Crippen LogP contribution in [-0.2, 0) is 14.3 Å². The Hall–Kier alpha value is -1.36. The summed E-state index contributed by atoms with van der Waals surface area (Å²) >= 11 is 0. The van der Waals surface area contributed by atoms with Crippen molar-refractivity contribution in [2.24, 2.45) is 5.92 Å². The molecule has 2 N–H and O–H groups in total. The van der Waals surface area contributed by atoms with Crippen LogP contribution in [0, 0.1) is 5.92 Å². The molecule has 2 unspecified atom stereocenters. The molecule has 88 valence electrons. The van der Waals surface area contributed by atoms with Crippen molar-refractivity contribution in [3.05, 3.63) is 12.2 Å². The fourth-order valence-electron chi connectivity index (χ4n) is 2.03. The molecule has 1 heterocycles. The molecule has 0 aromatic rings. The van der Waals surface area contributed by atoms with Crippen molar-refractivity contribution in [3.8, 4) is 0 Å². The first-order valence-electron chi connectivity index (χ1n) is 5.50. The van der Waals surface area contributed by atoms with Gasteiger partial charge in [-0.05, 0) is 25.2 Å². The molecule has 16 heavy (non-hydrogen) atoms. The monoisotopic (exact) mass is 225 g/mol. The molecule has 2 fully saturated rings. The second-order valence-corrected chi connectivity index (χ2v) is 4.25.